The molecule has 0 radical (unpaired) electrons. The minimum Gasteiger partial charge on any atom is -0.493 e. The van der Waals surface area contributed by atoms with Gasteiger partial charge in [-0.2, -0.15) is 0 Å². The van der Waals surface area contributed by atoms with E-state index < -0.39 is 0 Å². The van der Waals surface area contributed by atoms with E-state index in [4.69, 9.17) is 14.2 Å². The first-order chi connectivity index (χ1) is 15.4. The number of anilines is 1. The predicted molar refractivity (Wildman–Crippen MR) is 124 cm³/mol. The summed E-state index contributed by atoms with van der Waals surface area (Å²) in [5, 5.41) is 3.17. The maximum absolute atomic E-state index is 13.3. The Morgan fingerprint density at radius 3 is 2.09 bits per heavy atom. The molecule has 2 aromatic rings. The molecule has 0 saturated heterocycles. The Hall–Kier alpha value is -3.48. The smallest absolute Gasteiger partial charge is 0.278 e. The monoisotopic (exact) mass is 438 g/mol. The molecule has 3 rings (SSSR count). The first-order valence-electron chi connectivity index (χ1n) is 10.6. The molecule has 0 unspecified atom stereocenters. The second kappa shape index (κ2) is 9.77. The molecule has 0 saturated carbocycles. The number of hydrogen-bond donors (Lipinski definition) is 1. The number of unbranched alkanes of at least 4 members (excludes halogenated alkanes) is 1. The van der Waals surface area contributed by atoms with E-state index in [2.05, 4.69) is 5.32 Å². The fourth-order valence-electron chi connectivity index (χ4n) is 3.85. The van der Waals surface area contributed by atoms with Crippen molar-refractivity contribution in [3.63, 3.8) is 0 Å². The normalized spacial score (nSPS) is 13.6. The number of benzene rings is 2. The molecule has 2 aromatic carbocycles. The van der Waals surface area contributed by atoms with Gasteiger partial charge in [0.05, 0.1) is 26.9 Å². The molecule has 1 aliphatic heterocycles. The lowest BCUT2D eigenvalue weighted by molar-refractivity contribution is -0.136. The molecule has 1 heterocycles. The number of imide groups is 1. The number of rotatable bonds is 9. The molecule has 7 nitrogen and oxygen atoms in total. The van der Waals surface area contributed by atoms with Crippen molar-refractivity contribution < 1.29 is 23.8 Å². The van der Waals surface area contributed by atoms with Crippen LogP contribution >= 0.6 is 0 Å². The Balaban J connectivity index is 2.13. The molecule has 0 atom stereocenters. The van der Waals surface area contributed by atoms with Crippen molar-refractivity contribution >= 4 is 23.1 Å². The van der Waals surface area contributed by atoms with Gasteiger partial charge in [0.1, 0.15) is 5.70 Å². The number of aryl methyl sites for hydroxylation is 2. The lowest BCUT2D eigenvalue weighted by Gasteiger charge is -2.16. The second-order valence-corrected chi connectivity index (χ2v) is 7.72. The van der Waals surface area contributed by atoms with Gasteiger partial charge in [0.25, 0.3) is 11.8 Å². The van der Waals surface area contributed by atoms with Crippen LogP contribution in [-0.4, -0.2) is 44.6 Å². The summed E-state index contributed by atoms with van der Waals surface area (Å²) in [5.74, 6) is 0.713. The van der Waals surface area contributed by atoms with Gasteiger partial charge in [-0.25, -0.2) is 0 Å². The third-order valence-corrected chi connectivity index (χ3v) is 5.49. The zero-order valence-electron chi connectivity index (χ0n) is 19.5. The molecule has 32 heavy (non-hydrogen) atoms. The van der Waals surface area contributed by atoms with Gasteiger partial charge < -0.3 is 19.5 Å². The van der Waals surface area contributed by atoms with Crippen molar-refractivity contribution in [2.24, 2.45) is 0 Å². The molecule has 1 aliphatic rings. The molecule has 0 bridgehead atoms. The number of carbonyl (C=O) groups is 2. The summed E-state index contributed by atoms with van der Waals surface area (Å²) >= 11 is 0. The van der Waals surface area contributed by atoms with Crippen molar-refractivity contribution in [2.45, 2.75) is 33.6 Å². The topological polar surface area (TPSA) is 77.1 Å². The van der Waals surface area contributed by atoms with Crippen LogP contribution in [0.5, 0.6) is 17.2 Å². The number of carbonyl (C=O) groups excluding carboxylic acids is 2. The SMILES string of the molecule is CCCCN1C(=O)C(Nc2cc(OC)c(OC)c(OC)c2)=C(c2ccc(C)cc2C)C1=O. The minimum absolute atomic E-state index is 0.243. The van der Waals surface area contributed by atoms with E-state index in [1.807, 2.05) is 39.0 Å². The van der Waals surface area contributed by atoms with Crippen LogP contribution in [0, 0.1) is 13.8 Å². The van der Waals surface area contributed by atoms with Crippen LogP contribution in [0.4, 0.5) is 5.69 Å². The van der Waals surface area contributed by atoms with Crippen LogP contribution < -0.4 is 19.5 Å². The van der Waals surface area contributed by atoms with Gasteiger partial charge in [-0.1, -0.05) is 37.1 Å². The average Bonchev–Trinajstić information content (AvgIpc) is 3.00. The standard InChI is InChI=1S/C25H30N2O5/c1-7-8-11-27-24(28)21(18-10-9-15(2)12-16(18)3)22(25(27)29)26-17-13-19(30-4)23(32-6)20(14-17)31-5/h9-10,12-14,26H,7-8,11H2,1-6H3. The minimum atomic E-state index is -0.341. The van der Waals surface area contributed by atoms with Crippen molar-refractivity contribution in [1.82, 2.24) is 4.90 Å². The van der Waals surface area contributed by atoms with Crippen LogP contribution in [0.15, 0.2) is 36.0 Å². The number of ether oxygens (including phenoxy) is 3. The molecule has 0 fully saturated rings. The highest BCUT2D eigenvalue weighted by Gasteiger charge is 2.39. The Kier molecular flexibility index (Phi) is 7.08. The van der Waals surface area contributed by atoms with E-state index in [0.29, 0.717) is 35.1 Å². The summed E-state index contributed by atoms with van der Waals surface area (Å²) in [4.78, 5) is 28.0. The highest BCUT2D eigenvalue weighted by atomic mass is 16.5. The van der Waals surface area contributed by atoms with Gasteiger partial charge >= 0.3 is 0 Å². The first kappa shape index (κ1) is 23.2. The summed E-state index contributed by atoms with van der Waals surface area (Å²) in [7, 11) is 4.58. The molecule has 0 aromatic heterocycles. The zero-order chi connectivity index (χ0) is 23.4. The summed E-state index contributed by atoms with van der Waals surface area (Å²) in [5.41, 5.74) is 3.93. The van der Waals surface area contributed by atoms with Gasteiger partial charge in [-0.15, -0.1) is 0 Å². The highest BCUT2D eigenvalue weighted by molar-refractivity contribution is 6.36. The average molecular weight is 439 g/mol. The van der Waals surface area contributed by atoms with Crippen LogP contribution in [-0.2, 0) is 9.59 Å². The summed E-state index contributed by atoms with van der Waals surface area (Å²) in [6.45, 7) is 6.34. The number of amides is 2. The van der Waals surface area contributed by atoms with Gasteiger partial charge in [0.15, 0.2) is 11.5 Å². The third-order valence-electron chi connectivity index (χ3n) is 5.49. The fourth-order valence-corrected chi connectivity index (χ4v) is 3.85. The maximum Gasteiger partial charge on any atom is 0.278 e. The number of nitrogens with one attached hydrogen (secondary N) is 1. The molecule has 170 valence electrons. The summed E-state index contributed by atoms with van der Waals surface area (Å²) < 4.78 is 16.2. The Morgan fingerprint density at radius 1 is 0.906 bits per heavy atom. The Labute approximate surface area is 189 Å². The van der Waals surface area contributed by atoms with Gasteiger partial charge in [-0.05, 0) is 31.4 Å². The fraction of sp³-hybridized carbons (Fsp3) is 0.360. The molecular formula is C25H30N2O5. The summed E-state index contributed by atoms with van der Waals surface area (Å²) in [6.07, 6.45) is 1.63. The quantitative estimate of drug-likeness (QED) is 0.588. The summed E-state index contributed by atoms with van der Waals surface area (Å²) in [6, 6.07) is 9.26. The van der Waals surface area contributed by atoms with Gasteiger partial charge in [0.2, 0.25) is 5.75 Å². The lowest BCUT2D eigenvalue weighted by Crippen LogP contribution is -2.33. The Morgan fingerprint density at radius 2 is 1.56 bits per heavy atom. The van der Waals surface area contributed by atoms with Crippen molar-refractivity contribution in [1.29, 1.82) is 0 Å². The number of methoxy groups -OCH3 is 3. The van der Waals surface area contributed by atoms with E-state index in [0.717, 1.165) is 29.5 Å². The van der Waals surface area contributed by atoms with E-state index >= 15 is 0 Å². The molecule has 7 heteroatoms. The first-order valence-corrected chi connectivity index (χ1v) is 10.6. The van der Waals surface area contributed by atoms with E-state index in [1.54, 1.807) is 12.1 Å². The Bertz CT molecular complexity index is 1050. The van der Waals surface area contributed by atoms with Gasteiger partial charge in [0, 0.05) is 24.4 Å². The van der Waals surface area contributed by atoms with E-state index in [-0.39, 0.29) is 17.5 Å². The second-order valence-electron chi connectivity index (χ2n) is 7.72. The van der Waals surface area contributed by atoms with Crippen LogP contribution in [0.2, 0.25) is 0 Å². The predicted octanol–water partition coefficient (Wildman–Crippen LogP) is 4.32. The van der Waals surface area contributed by atoms with Crippen LogP contribution in [0.1, 0.15) is 36.5 Å². The zero-order valence-corrected chi connectivity index (χ0v) is 19.5. The lowest BCUT2D eigenvalue weighted by atomic mass is 9.97. The van der Waals surface area contributed by atoms with Crippen molar-refractivity contribution in [3.05, 3.63) is 52.7 Å². The third kappa shape index (κ3) is 4.28. The van der Waals surface area contributed by atoms with Crippen LogP contribution in [0.3, 0.4) is 0 Å². The number of hydrogen-bond acceptors (Lipinski definition) is 6. The molecule has 0 spiro atoms. The largest absolute Gasteiger partial charge is 0.493 e. The maximum atomic E-state index is 13.3. The molecule has 2 amide bonds. The highest BCUT2D eigenvalue weighted by Crippen LogP contribution is 2.41. The van der Waals surface area contributed by atoms with E-state index in [1.165, 1.54) is 26.2 Å². The van der Waals surface area contributed by atoms with Crippen LogP contribution in [0.25, 0.3) is 5.57 Å². The molecule has 1 N–H and O–H groups in total. The molecular weight excluding hydrogens is 408 g/mol. The number of nitrogens with zero attached hydrogens (tertiary/aromatic N) is 1. The molecule has 0 aliphatic carbocycles. The van der Waals surface area contributed by atoms with Crippen molar-refractivity contribution in [3.8, 4) is 17.2 Å². The van der Waals surface area contributed by atoms with E-state index in [9.17, 15) is 9.59 Å². The van der Waals surface area contributed by atoms with Crippen molar-refractivity contribution in [2.75, 3.05) is 33.2 Å². The van der Waals surface area contributed by atoms with Gasteiger partial charge in [-0.3, -0.25) is 14.5 Å².